The van der Waals surface area contributed by atoms with E-state index in [-0.39, 0.29) is 11.9 Å². The fourth-order valence-corrected chi connectivity index (χ4v) is 2.85. The number of nitrogens with one attached hydrogen (secondary N) is 1. The van der Waals surface area contributed by atoms with E-state index in [2.05, 4.69) is 17.1 Å². The summed E-state index contributed by atoms with van der Waals surface area (Å²) < 4.78 is 5.14. The molecule has 0 spiro atoms. The van der Waals surface area contributed by atoms with Crippen LogP contribution in [0.4, 0.5) is 0 Å². The van der Waals surface area contributed by atoms with Crippen LogP contribution in [0.15, 0.2) is 24.3 Å². The van der Waals surface area contributed by atoms with Gasteiger partial charge < -0.3 is 10.1 Å². The number of carbonyl (C=O) groups is 1. The van der Waals surface area contributed by atoms with Gasteiger partial charge in [-0.3, -0.25) is 9.69 Å². The predicted octanol–water partition coefficient (Wildman–Crippen LogP) is 2.47. The van der Waals surface area contributed by atoms with Crippen molar-refractivity contribution in [3.8, 4) is 5.75 Å². The van der Waals surface area contributed by atoms with Gasteiger partial charge >= 0.3 is 0 Å². The summed E-state index contributed by atoms with van der Waals surface area (Å²) >= 11 is 0. The van der Waals surface area contributed by atoms with Gasteiger partial charge in [0.25, 0.3) is 0 Å². The van der Waals surface area contributed by atoms with Gasteiger partial charge in [-0.15, -0.1) is 0 Å². The third kappa shape index (κ3) is 4.73. The molecule has 122 valence electrons. The second-order valence-corrected chi connectivity index (χ2v) is 6.28. The van der Waals surface area contributed by atoms with Gasteiger partial charge in [-0.2, -0.15) is 0 Å². The van der Waals surface area contributed by atoms with Gasteiger partial charge in [0.1, 0.15) is 5.75 Å². The molecule has 1 N–H and O–H groups in total. The van der Waals surface area contributed by atoms with Crippen molar-refractivity contribution in [1.29, 1.82) is 0 Å². The lowest BCUT2D eigenvalue weighted by Gasteiger charge is -2.34. The standard InChI is InChI=1S/C18H28N2O2/c1-14-9-12-20(13-10-14)15(2)18(21)19-11-8-16-4-6-17(22-3)7-5-16/h4-7,14-15H,8-13H2,1-3H3,(H,19,21)/t15-/m0/s1. The van der Waals surface area contributed by atoms with Crippen LogP contribution in [-0.4, -0.2) is 43.6 Å². The Hall–Kier alpha value is -1.55. The van der Waals surface area contributed by atoms with Gasteiger partial charge in [-0.05, 0) is 62.9 Å². The first kappa shape index (κ1) is 16.8. The number of hydrogen-bond donors (Lipinski definition) is 1. The highest BCUT2D eigenvalue weighted by Crippen LogP contribution is 2.18. The summed E-state index contributed by atoms with van der Waals surface area (Å²) in [6.45, 7) is 7.05. The normalized spacial score (nSPS) is 18.0. The summed E-state index contributed by atoms with van der Waals surface area (Å²) in [6.07, 6.45) is 3.24. The third-order valence-corrected chi connectivity index (χ3v) is 4.62. The predicted molar refractivity (Wildman–Crippen MR) is 89.1 cm³/mol. The van der Waals surface area contributed by atoms with E-state index in [1.54, 1.807) is 7.11 Å². The van der Waals surface area contributed by atoms with E-state index in [1.165, 1.54) is 18.4 Å². The number of piperidine rings is 1. The molecule has 1 aliphatic heterocycles. The zero-order valence-electron chi connectivity index (χ0n) is 14.0. The van der Waals surface area contributed by atoms with Crippen LogP contribution in [-0.2, 0) is 11.2 Å². The van der Waals surface area contributed by atoms with Crippen molar-refractivity contribution in [2.45, 2.75) is 39.2 Å². The number of hydrogen-bond acceptors (Lipinski definition) is 3. The molecular formula is C18H28N2O2. The van der Waals surface area contributed by atoms with Crippen LogP contribution in [0.2, 0.25) is 0 Å². The third-order valence-electron chi connectivity index (χ3n) is 4.62. The lowest BCUT2D eigenvalue weighted by Crippen LogP contribution is -2.48. The Morgan fingerprint density at radius 2 is 1.95 bits per heavy atom. The number of nitrogens with zero attached hydrogens (tertiary/aromatic N) is 1. The largest absolute Gasteiger partial charge is 0.497 e. The molecule has 0 bridgehead atoms. The Morgan fingerprint density at radius 1 is 1.32 bits per heavy atom. The van der Waals surface area contributed by atoms with E-state index < -0.39 is 0 Å². The molecular weight excluding hydrogens is 276 g/mol. The molecule has 22 heavy (non-hydrogen) atoms. The van der Waals surface area contributed by atoms with Crippen molar-refractivity contribution < 1.29 is 9.53 Å². The number of amides is 1. The van der Waals surface area contributed by atoms with E-state index in [4.69, 9.17) is 4.74 Å². The summed E-state index contributed by atoms with van der Waals surface area (Å²) in [5, 5.41) is 3.06. The maximum Gasteiger partial charge on any atom is 0.237 e. The van der Waals surface area contributed by atoms with Crippen LogP contribution < -0.4 is 10.1 Å². The zero-order chi connectivity index (χ0) is 15.9. The molecule has 2 rings (SSSR count). The Bertz CT molecular complexity index is 464. The number of rotatable bonds is 6. The molecule has 0 radical (unpaired) electrons. The second kappa shape index (κ2) is 8.18. The van der Waals surface area contributed by atoms with E-state index in [1.807, 2.05) is 31.2 Å². The average molecular weight is 304 g/mol. The van der Waals surface area contributed by atoms with Crippen LogP contribution in [0.5, 0.6) is 5.75 Å². The highest BCUT2D eigenvalue weighted by atomic mass is 16.5. The van der Waals surface area contributed by atoms with Crippen molar-refractivity contribution in [2.24, 2.45) is 5.92 Å². The van der Waals surface area contributed by atoms with E-state index in [0.717, 1.165) is 31.2 Å². The van der Waals surface area contributed by atoms with Crippen LogP contribution in [0.25, 0.3) is 0 Å². The molecule has 0 aromatic heterocycles. The highest BCUT2D eigenvalue weighted by Gasteiger charge is 2.24. The number of carbonyl (C=O) groups excluding carboxylic acids is 1. The Labute approximate surface area is 133 Å². The minimum absolute atomic E-state index is 0.0247. The Morgan fingerprint density at radius 3 is 2.55 bits per heavy atom. The zero-order valence-corrected chi connectivity index (χ0v) is 14.0. The molecule has 0 saturated carbocycles. The van der Waals surface area contributed by atoms with Gasteiger partial charge in [-0.25, -0.2) is 0 Å². The monoisotopic (exact) mass is 304 g/mol. The average Bonchev–Trinajstić information content (AvgIpc) is 2.55. The molecule has 1 amide bonds. The summed E-state index contributed by atoms with van der Waals surface area (Å²) in [5.74, 6) is 1.80. The van der Waals surface area contributed by atoms with Crippen molar-refractivity contribution in [2.75, 3.05) is 26.7 Å². The number of benzene rings is 1. The molecule has 0 aliphatic carbocycles. The number of likely N-dealkylation sites (tertiary alicyclic amines) is 1. The topological polar surface area (TPSA) is 41.6 Å². The quantitative estimate of drug-likeness (QED) is 0.878. The Balaban J connectivity index is 1.72. The van der Waals surface area contributed by atoms with E-state index >= 15 is 0 Å². The summed E-state index contributed by atoms with van der Waals surface area (Å²) in [6, 6.07) is 7.97. The fraction of sp³-hybridized carbons (Fsp3) is 0.611. The summed E-state index contributed by atoms with van der Waals surface area (Å²) in [4.78, 5) is 14.5. The highest BCUT2D eigenvalue weighted by molar-refractivity contribution is 5.81. The lowest BCUT2D eigenvalue weighted by atomic mass is 9.98. The lowest BCUT2D eigenvalue weighted by molar-refractivity contribution is -0.126. The van der Waals surface area contributed by atoms with E-state index in [0.29, 0.717) is 6.54 Å². The van der Waals surface area contributed by atoms with Gasteiger partial charge in [0, 0.05) is 6.54 Å². The van der Waals surface area contributed by atoms with Gasteiger partial charge in [0.2, 0.25) is 5.91 Å². The molecule has 1 aliphatic rings. The van der Waals surface area contributed by atoms with Crippen LogP contribution in [0.1, 0.15) is 32.3 Å². The molecule has 1 atom stereocenters. The molecule has 0 unspecified atom stereocenters. The van der Waals surface area contributed by atoms with Crippen molar-refractivity contribution in [3.05, 3.63) is 29.8 Å². The smallest absolute Gasteiger partial charge is 0.237 e. The molecule has 1 aromatic rings. The SMILES string of the molecule is COc1ccc(CCNC(=O)[C@H](C)N2CCC(C)CC2)cc1. The number of ether oxygens (including phenoxy) is 1. The number of methoxy groups -OCH3 is 1. The van der Waals surface area contributed by atoms with Crippen molar-refractivity contribution >= 4 is 5.91 Å². The Kier molecular flexibility index (Phi) is 6.25. The molecule has 4 nitrogen and oxygen atoms in total. The minimum atomic E-state index is -0.0247. The molecule has 1 saturated heterocycles. The van der Waals surface area contributed by atoms with Gasteiger partial charge in [0.05, 0.1) is 13.2 Å². The van der Waals surface area contributed by atoms with Gasteiger partial charge in [-0.1, -0.05) is 19.1 Å². The van der Waals surface area contributed by atoms with Crippen molar-refractivity contribution in [3.63, 3.8) is 0 Å². The van der Waals surface area contributed by atoms with Crippen LogP contribution >= 0.6 is 0 Å². The first-order valence-corrected chi connectivity index (χ1v) is 8.25. The molecule has 1 fully saturated rings. The second-order valence-electron chi connectivity index (χ2n) is 6.28. The van der Waals surface area contributed by atoms with Crippen LogP contribution in [0.3, 0.4) is 0 Å². The van der Waals surface area contributed by atoms with Gasteiger partial charge in [0.15, 0.2) is 0 Å². The maximum atomic E-state index is 12.2. The summed E-state index contributed by atoms with van der Waals surface area (Å²) in [5.41, 5.74) is 1.21. The minimum Gasteiger partial charge on any atom is -0.497 e. The summed E-state index contributed by atoms with van der Waals surface area (Å²) in [7, 11) is 1.66. The first-order chi connectivity index (χ1) is 10.6. The van der Waals surface area contributed by atoms with Crippen LogP contribution in [0, 0.1) is 5.92 Å². The maximum absolute atomic E-state index is 12.2. The molecule has 1 heterocycles. The fourth-order valence-electron chi connectivity index (χ4n) is 2.85. The molecule has 4 heteroatoms. The molecule has 1 aromatic carbocycles. The van der Waals surface area contributed by atoms with Crippen molar-refractivity contribution in [1.82, 2.24) is 10.2 Å². The first-order valence-electron chi connectivity index (χ1n) is 8.25. The van der Waals surface area contributed by atoms with E-state index in [9.17, 15) is 4.79 Å².